The quantitative estimate of drug-likeness (QED) is 0.842. The molecule has 0 radical (unpaired) electrons. The van der Waals surface area contributed by atoms with Gasteiger partial charge in [0, 0.05) is 12.3 Å². The van der Waals surface area contributed by atoms with Gasteiger partial charge in [-0.25, -0.2) is 9.78 Å². The van der Waals surface area contributed by atoms with Crippen molar-refractivity contribution >= 4 is 5.97 Å². The molecule has 0 aliphatic rings. The summed E-state index contributed by atoms with van der Waals surface area (Å²) in [5.41, 5.74) is 0.408. The Balaban J connectivity index is 2.46. The zero-order chi connectivity index (χ0) is 11.5. The minimum Gasteiger partial charge on any atom is -0.480 e. The van der Waals surface area contributed by atoms with E-state index in [2.05, 4.69) is 10.1 Å². The fourth-order valence-electron chi connectivity index (χ4n) is 1.24. The first-order valence-electron chi connectivity index (χ1n) is 4.41. The summed E-state index contributed by atoms with van der Waals surface area (Å²) in [6, 6.07) is 4.72. The van der Waals surface area contributed by atoms with E-state index in [0.717, 1.165) is 0 Å². The molecule has 82 valence electrons. The van der Waals surface area contributed by atoms with Crippen molar-refractivity contribution in [2.24, 2.45) is 0 Å². The zero-order valence-electron chi connectivity index (χ0n) is 8.38. The third-order valence-corrected chi connectivity index (χ3v) is 1.96. The summed E-state index contributed by atoms with van der Waals surface area (Å²) in [4.78, 5) is 14.6. The van der Waals surface area contributed by atoms with Crippen molar-refractivity contribution in [1.82, 2.24) is 10.1 Å². The van der Waals surface area contributed by atoms with Crippen LogP contribution in [-0.4, -0.2) is 28.3 Å². The number of methoxy groups -OCH3 is 1. The van der Waals surface area contributed by atoms with Crippen LogP contribution in [0.1, 0.15) is 10.5 Å². The van der Waals surface area contributed by atoms with Gasteiger partial charge in [-0.05, 0) is 12.1 Å². The van der Waals surface area contributed by atoms with Gasteiger partial charge >= 0.3 is 5.97 Å². The first-order chi connectivity index (χ1) is 7.72. The highest BCUT2D eigenvalue weighted by molar-refractivity contribution is 5.86. The van der Waals surface area contributed by atoms with Crippen LogP contribution in [0.3, 0.4) is 0 Å². The van der Waals surface area contributed by atoms with E-state index in [9.17, 15) is 4.79 Å². The van der Waals surface area contributed by atoms with Crippen LogP contribution in [0.15, 0.2) is 28.9 Å². The molecular formula is C10H8N2O4. The Morgan fingerprint density at radius 1 is 1.56 bits per heavy atom. The van der Waals surface area contributed by atoms with Crippen molar-refractivity contribution in [2.75, 3.05) is 7.11 Å². The molecule has 1 N–H and O–H groups in total. The Morgan fingerprint density at radius 3 is 3.00 bits per heavy atom. The average molecular weight is 220 g/mol. The fraction of sp³-hybridized carbons (Fsp3) is 0.100. The number of ether oxygens (including phenoxy) is 1. The first-order valence-corrected chi connectivity index (χ1v) is 4.41. The number of hydrogen-bond acceptors (Lipinski definition) is 5. The van der Waals surface area contributed by atoms with Gasteiger partial charge in [0.25, 0.3) is 0 Å². The number of carbonyl (C=O) groups is 1. The summed E-state index contributed by atoms with van der Waals surface area (Å²) >= 11 is 0. The summed E-state index contributed by atoms with van der Waals surface area (Å²) < 4.78 is 9.93. The molecule has 6 heteroatoms. The van der Waals surface area contributed by atoms with Gasteiger partial charge in [0.2, 0.25) is 5.88 Å². The second-order valence-electron chi connectivity index (χ2n) is 2.94. The van der Waals surface area contributed by atoms with Crippen molar-refractivity contribution in [3.8, 4) is 17.2 Å². The molecule has 0 aliphatic heterocycles. The number of aromatic nitrogens is 2. The van der Waals surface area contributed by atoms with Crippen LogP contribution in [0.25, 0.3) is 11.3 Å². The van der Waals surface area contributed by atoms with Gasteiger partial charge < -0.3 is 14.4 Å². The van der Waals surface area contributed by atoms with Crippen LogP contribution in [-0.2, 0) is 0 Å². The maximum absolute atomic E-state index is 10.6. The molecule has 0 saturated carbocycles. The van der Waals surface area contributed by atoms with E-state index in [0.29, 0.717) is 17.2 Å². The molecule has 0 aliphatic carbocycles. The predicted octanol–water partition coefficient (Wildman–Crippen LogP) is 1.44. The van der Waals surface area contributed by atoms with E-state index < -0.39 is 5.97 Å². The van der Waals surface area contributed by atoms with Gasteiger partial charge in [0.1, 0.15) is 0 Å². The molecule has 2 rings (SSSR count). The topological polar surface area (TPSA) is 85.5 Å². The molecule has 0 unspecified atom stereocenters. The maximum Gasteiger partial charge on any atom is 0.358 e. The molecule has 6 nitrogen and oxygen atoms in total. The van der Waals surface area contributed by atoms with Crippen molar-refractivity contribution in [3.05, 3.63) is 30.1 Å². The van der Waals surface area contributed by atoms with Crippen LogP contribution in [0.4, 0.5) is 0 Å². The van der Waals surface area contributed by atoms with Crippen molar-refractivity contribution in [2.45, 2.75) is 0 Å². The summed E-state index contributed by atoms with van der Waals surface area (Å²) in [5.74, 6) is -0.476. The Morgan fingerprint density at radius 2 is 2.38 bits per heavy atom. The molecule has 2 aromatic heterocycles. The summed E-state index contributed by atoms with van der Waals surface area (Å²) in [7, 11) is 1.47. The average Bonchev–Trinajstić information content (AvgIpc) is 2.78. The minimum atomic E-state index is -1.14. The summed E-state index contributed by atoms with van der Waals surface area (Å²) in [5, 5.41) is 12.1. The van der Waals surface area contributed by atoms with Crippen LogP contribution in [0.5, 0.6) is 5.88 Å². The third-order valence-electron chi connectivity index (χ3n) is 1.96. The molecule has 2 heterocycles. The van der Waals surface area contributed by atoms with Crippen LogP contribution in [0, 0.1) is 0 Å². The lowest BCUT2D eigenvalue weighted by Crippen LogP contribution is -1.94. The lowest BCUT2D eigenvalue weighted by atomic mass is 10.2. The Hall–Kier alpha value is -2.37. The molecule has 0 aromatic carbocycles. The number of nitrogens with zero attached hydrogens (tertiary/aromatic N) is 2. The lowest BCUT2D eigenvalue weighted by Gasteiger charge is -2.01. The monoisotopic (exact) mass is 220 g/mol. The molecule has 0 atom stereocenters. The van der Waals surface area contributed by atoms with Gasteiger partial charge in [-0.1, -0.05) is 5.16 Å². The second kappa shape index (κ2) is 4.01. The Bertz CT molecular complexity index is 521. The highest BCUT2D eigenvalue weighted by Gasteiger charge is 2.15. The molecule has 0 amide bonds. The molecular weight excluding hydrogens is 212 g/mol. The number of rotatable bonds is 3. The molecule has 16 heavy (non-hydrogen) atoms. The Labute approximate surface area is 90.5 Å². The molecule has 0 bridgehead atoms. The van der Waals surface area contributed by atoms with Crippen molar-refractivity contribution in [3.63, 3.8) is 0 Å². The van der Waals surface area contributed by atoms with Crippen LogP contribution >= 0.6 is 0 Å². The molecule has 2 aromatic rings. The third kappa shape index (κ3) is 1.72. The van der Waals surface area contributed by atoms with E-state index >= 15 is 0 Å². The van der Waals surface area contributed by atoms with Crippen molar-refractivity contribution < 1.29 is 19.2 Å². The lowest BCUT2D eigenvalue weighted by molar-refractivity contribution is 0.0686. The maximum atomic E-state index is 10.6. The number of hydrogen-bond donors (Lipinski definition) is 1. The van der Waals surface area contributed by atoms with E-state index in [1.54, 1.807) is 18.3 Å². The predicted molar refractivity (Wildman–Crippen MR) is 53.2 cm³/mol. The molecule has 0 fully saturated rings. The summed E-state index contributed by atoms with van der Waals surface area (Å²) in [6.07, 6.45) is 1.57. The number of aromatic carboxylic acids is 1. The van der Waals surface area contributed by atoms with Gasteiger partial charge in [0.05, 0.1) is 12.7 Å². The zero-order valence-corrected chi connectivity index (χ0v) is 8.38. The van der Waals surface area contributed by atoms with Gasteiger partial charge in [0.15, 0.2) is 11.5 Å². The van der Waals surface area contributed by atoms with E-state index in [1.807, 2.05) is 0 Å². The number of pyridine rings is 1. The highest BCUT2D eigenvalue weighted by atomic mass is 16.5. The molecule has 0 spiro atoms. The van der Waals surface area contributed by atoms with E-state index in [4.69, 9.17) is 14.4 Å². The first kappa shape index (κ1) is 10.2. The highest BCUT2D eigenvalue weighted by Crippen LogP contribution is 2.27. The fourth-order valence-corrected chi connectivity index (χ4v) is 1.24. The summed E-state index contributed by atoms with van der Waals surface area (Å²) in [6.45, 7) is 0. The Kier molecular flexibility index (Phi) is 2.55. The normalized spacial score (nSPS) is 10.1. The van der Waals surface area contributed by atoms with Crippen LogP contribution in [0.2, 0.25) is 0 Å². The SMILES string of the molecule is COc1ncccc1-c1cc(C(=O)O)no1. The smallest absolute Gasteiger partial charge is 0.358 e. The van der Waals surface area contributed by atoms with E-state index in [1.165, 1.54) is 13.2 Å². The van der Waals surface area contributed by atoms with Gasteiger partial charge in [-0.3, -0.25) is 0 Å². The van der Waals surface area contributed by atoms with Crippen LogP contribution < -0.4 is 4.74 Å². The van der Waals surface area contributed by atoms with Gasteiger partial charge in [-0.15, -0.1) is 0 Å². The largest absolute Gasteiger partial charge is 0.480 e. The second-order valence-corrected chi connectivity index (χ2v) is 2.94. The number of carboxylic acid groups (broad SMARTS) is 1. The standard InChI is InChI=1S/C10H8N2O4/c1-15-9-6(3-2-4-11-9)8-5-7(10(13)14)12-16-8/h2-5H,1H3,(H,13,14). The van der Waals surface area contributed by atoms with Gasteiger partial charge in [-0.2, -0.15) is 0 Å². The van der Waals surface area contributed by atoms with E-state index in [-0.39, 0.29) is 5.69 Å². The minimum absolute atomic E-state index is 0.152. The van der Waals surface area contributed by atoms with Crippen molar-refractivity contribution in [1.29, 1.82) is 0 Å². The molecule has 0 saturated heterocycles. The number of carboxylic acids is 1.